The fraction of sp³-hybridized carbons (Fsp3) is 0.167. The minimum Gasteiger partial charge on any atom is -0.609 e. The van der Waals surface area contributed by atoms with Crippen LogP contribution in [0.25, 0.3) is 0 Å². The third kappa shape index (κ3) is 4.62. The zero-order chi connectivity index (χ0) is 9.61. The Labute approximate surface area is 68.7 Å². The molecule has 0 aromatic carbocycles. The minimum absolute atomic E-state index is 0.378. The summed E-state index contributed by atoms with van der Waals surface area (Å²) in [5.41, 5.74) is 0. The topological polar surface area (TPSA) is 35.5 Å². The summed E-state index contributed by atoms with van der Waals surface area (Å²) in [6.45, 7) is 5.73. The Morgan fingerprint density at radius 1 is 1.50 bits per heavy atom. The van der Waals surface area contributed by atoms with Crippen LogP contribution in [0.2, 0.25) is 0 Å². The molecule has 0 heterocycles. The lowest BCUT2D eigenvalue weighted by molar-refractivity contribution is -0.133. The molecule has 0 rings (SSSR count). The second-order valence-corrected chi connectivity index (χ2v) is 1.80. The van der Waals surface area contributed by atoms with E-state index in [2.05, 4.69) is 22.5 Å². The van der Waals surface area contributed by atoms with Crippen molar-refractivity contribution in [2.24, 2.45) is 0 Å². The third-order valence-corrected chi connectivity index (χ3v) is 0.828. The highest BCUT2D eigenvalue weighted by atomic mass is 19.3. The van der Waals surface area contributed by atoms with Gasteiger partial charge in [0.15, 0.2) is 0 Å². The van der Waals surface area contributed by atoms with Crippen LogP contribution >= 0.6 is 0 Å². The Kier molecular flexibility index (Phi) is 4.21. The molecule has 0 saturated heterocycles. The molecule has 0 N–H and O–H groups in total. The summed E-state index contributed by atoms with van der Waals surface area (Å²) in [6, 6.07) is 0. The standard InChI is InChI=1S/C6H8BF2O3/c1-3-5-11-7(8,9)12-6(10)4-2/h3-4H,1-2,5H2/q-1. The van der Waals surface area contributed by atoms with Crippen molar-refractivity contribution in [2.45, 2.75) is 0 Å². The molecule has 0 aromatic rings. The van der Waals surface area contributed by atoms with Gasteiger partial charge in [-0.1, -0.05) is 12.7 Å². The third-order valence-electron chi connectivity index (χ3n) is 0.828. The first-order valence-corrected chi connectivity index (χ1v) is 3.12. The molecule has 0 radical (unpaired) electrons. The van der Waals surface area contributed by atoms with Crippen molar-refractivity contribution in [3.63, 3.8) is 0 Å². The summed E-state index contributed by atoms with van der Waals surface area (Å²) in [5, 5.41) is 0. The number of halogens is 2. The molecule has 0 aliphatic heterocycles. The van der Waals surface area contributed by atoms with Crippen molar-refractivity contribution < 1.29 is 22.7 Å². The zero-order valence-corrected chi connectivity index (χ0v) is 6.33. The predicted octanol–water partition coefficient (Wildman–Crippen LogP) is 1.29. The molecule has 0 aliphatic rings. The first-order valence-electron chi connectivity index (χ1n) is 3.12. The SMILES string of the molecule is C=CCO[B-](F)(F)OC(=O)C=C. The molecule has 3 nitrogen and oxygen atoms in total. The van der Waals surface area contributed by atoms with Crippen LogP contribution in [0.4, 0.5) is 8.63 Å². The molecule has 0 spiro atoms. The van der Waals surface area contributed by atoms with Gasteiger partial charge in [0.1, 0.15) is 0 Å². The van der Waals surface area contributed by atoms with Gasteiger partial charge >= 0.3 is 7.11 Å². The lowest BCUT2D eigenvalue weighted by Gasteiger charge is -2.23. The maximum atomic E-state index is 12.3. The second-order valence-electron chi connectivity index (χ2n) is 1.80. The summed E-state index contributed by atoms with van der Waals surface area (Å²) in [4.78, 5) is 10.3. The molecule has 0 aliphatic carbocycles. The van der Waals surface area contributed by atoms with E-state index < -0.39 is 13.1 Å². The van der Waals surface area contributed by atoms with Gasteiger partial charge in [-0.3, -0.25) is 4.79 Å². The molecule has 12 heavy (non-hydrogen) atoms. The van der Waals surface area contributed by atoms with E-state index in [-0.39, 0.29) is 6.61 Å². The molecule has 6 heteroatoms. The number of carbonyl (C=O) groups is 1. The zero-order valence-electron chi connectivity index (χ0n) is 6.33. The Balaban J connectivity index is 3.93. The maximum Gasteiger partial charge on any atom is 0.665 e. The van der Waals surface area contributed by atoms with Crippen molar-refractivity contribution in [3.05, 3.63) is 25.3 Å². The molecule has 0 fully saturated rings. The molecule has 0 aromatic heterocycles. The van der Waals surface area contributed by atoms with E-state index in [0.29, 0.717) is 6.08 Å². The number of hydrogen-bond acceptors (Lipinski definition) is 3. The Morgan fingerprint density at radius 3 is 2.50 bits per heavy atom. The highest BCUT2D eigenvalue weighted by Gasteiger charge is 2.31. The summed E-state index contributed by atoms with van der Waals surface area (Å²) in [7, 11) is -4.54. The minimum atomic E-state index is -4.54. The van der Waals surface area contributed by atoms with Gasteiger partial charge in [0.05, 0.1) is 0 Å². The van der Waals surface area contributed by atoms with Crippen LogP contribution in [0.3, 0.4) is 0 Å². The Bertz CT molecular complexity index is 193. The maximum absolute atomic E-state index is 12.3. The monoisotopic (exact) mass is 177 g/mol. The van der Waals surface area contributed by atoms with Crippen LogP contribution in [0, 0.1) is 0 Å². The first-order chi connectivity index (χ1) is 5.52. The van der Waals surface area contributed by atoms with E-state index in [1.807, 2.05) is 0 Å². The van der Waals surface area contributed by atoms with Gasteiger partial charge in [0, 0.05) is 12.7 Å². The van der Waals surface area contributed by atoms with Crippen LogP contribution in [0.15, 0.2) is 25.3 Å². The van der Waals surface area contributed by atoms with Crippen molar-refractivity contribution in [1.82, 2.24) is 0 Å². The van der Waals surface area contributed by atoms with Crippen LogP contribution < -0.4 is 0 Å². The van der Waals surface area contributed by atoms with Crippen molar-refractivity contribution >= 4 is 13.1 Å². The fourth-order valence-electron chi connectivity index (χ4n) is 0.397. The average molecular weight is 177 g/mol. The van der Waals surface area contributed by atoms with Crippen LogP contribution in [-0.2, 0) is 14.1 Å². The molecular formula is C6H8BF2O3-. The molecule has 0 saturated carbocycles. The molecule has 0 atom stereocenters. The lowest BCUT2D eigenvalue weighted by atomic mass is 10.2. The van der Waals surface area contributed by atoms with E-state index in [0.717, 1.165) is 6.08 Å². The number of hydrogen-bond donors (Lipinski definition) is 0. The van der Waals surface area contributed by atoms with Crippen LogP contribution in [0.5, 0.6) is 0 Å². The predicted molar refractivity (Wildman–Crippen MR) is 40.4 cm³/mol. The Morgan fingerprint density at radius 2 is 2.08 bits per heavy atom. The van der Waals surface area contributed by atoms with Crippen LogP contribution in [0.1, 0.15) is 0 Å². The average Bonchev–Trinajstić information content (AvgIpc) is 2.00. The summed E-state index contributed by atoms with van der Waals surface area (Å²) >= 11 is 0. The van der Waals surface area contributed by atoms with Gasteiger partial charge in [0.2, 0.25) is 0 Å². The summed E-state index contributed by atoms with van der Waals surface area (Å²) in [6.07, 6.45) is 1.75. The Hall–Kier alpha value is -1.17. The van der Waals surface area contributed by atoms with Gasteiger partial charge < -0.3 is 17.9 Å². The number of rotatable bonds is 5. The lowest BCUT2D eigenvalue weighted by Crippen LogP contribution is -2.34. The molecule has 0 bridgehead atoms. The fourth-order valence-corrected chi connectivity index (χ4v) is 0.397. The first kappa shape index (κ1) is 10.8. The van der Waals surface area contributed by atoms with E-state index in [9.17, 15) is 13.4 Å². The largest absolute Gasteiger partial charge is 0.665 e. The van der Waals surface area contributed by atoms with Gasteiger partial charge in [-0.2, -0.15) is 0 Å². The van der Waals surface area contributed by atoms with Crippen molar-refractivity contribution in [2.75, 3.05) is 6.61 Å². The smallest absolute Gasteiger partial charge is 0.609 e. The van der Waals surface area contributed by atoms with Gasteiger partial charge in [-0.15, -0.1) is 6.58 Å². The normalized spacial score (nSPS) is 10.5. The highest BCUT2D eigenvalue weighted by molar-refractivity contribution is 6.54. The molecule has 68 valence electrons. The molecule has 0 amide bonds. The van der Waals surface area contributed by atoms with Gasteiger partial charge in [-0.25, -0.2) is 0 Å². The van der Waals surface area contributed by atoms with Crippen LogP contribution in [-0.4, -0.2) is 19.7 Å². The molecule has 0 unspecified atom stereocenters. The highest BCUT2D eigenvalue weighted by Crippen LogP contribution is 2.10. The second kappa shape index (κ2) is 4.66. The van der Waals surface area contributed by atoms with E-state index in [1.54, 1.807) is 0 Å². The summed E-state index contributed by atoms with van der Waals surface area (Å²) in [5.74, 6) is -1.22. The molecular weight excluding hydrogens is 169 g/mol. The van der Waals surface area contributed by atoms with Gasteiger partial charge in [0.25, 0.3) is 5.97 Å². The van der Waals surface area contributed by atoms with Gasteiger partial charge in [-0.05, 0) is 0 Å². The van der Waals surface area contributed by atoms with E-state index in [4.69, 9.17) is 0 Å². The van der Waals surface area contributed by atoms with E-state index in [1.165, 1.54) is 0 Å². The van der Waals surface area contributed by atoms with Crippen molar-refractivity contribution in [1.29, 1.82) is 0 Å². The van der Waals surface area contributed by atoms with Crippen molar-refractivity contribution in [3.8, 4) is 0 Å². The quantitative estimate of drug-likeness (QED) is 0.360. The number of carbonyl (C=O) groups excluding carboxylic acids is 1. The van der Waals surface area contributed by atoms with E-state index >= 15 is 0 Å². The summed E-state index contributed by atoms with van der Waals surface area (Å²) < 4.78 is 32.2.